The lowest BCUT2D eigenvalue weighted by Gasteiger charge is -2.31. The first-order valence-corrected chi connectivity index (χ1v) is 7.17. The van der Waals surface area contributed by atoms with Gasteiger partial charge in [0.05, 0.1) is 5.71 Å². The summed E-state index contributed by atoms with van der Waals surface area (Å²) in [7, 11) is 0. The molecule has 1 fully saturated rings. The second kappa shape index (κ2) is 8.11. The van der Waals surface area contributed by atoms with Crippen molar-refractivity contribution in [3.8, 4) is 0 Å². The Hall–Kier alpha value is -1.06. The number of carbonyl (C=O) groups is 1. The predicted molar refractivity (Wildman–Crippen MR) is 73.0 cm³/mol. The molecule has 0 aliphatic carbocycles. The molecule has 0 aromatic carbocycles. The van der Waals surface area contributed by atoms with Crippen LogP contribution in [0.5, 0.6) is 0 Å². The Kier molecular flexibility index (Phi) is 6.76. The summed E-state index contributed by atoms with van der Waals surface area (Å²) >= 11 is 0. The molecule has 1 saturated heterocycles. The monoisotopic (exact) mass is 254 g/mol. The summed E-state index contributed by atoms with van der Waals surface area (Å²) in [6, 6.07) is 0. The van der Waals surface area contributed by atoms with E-state index in [0.717, 1.165) is 18.6 Å². The van der Waals surface area contributed by atoms with Crippen molar-refractivity contribution in [1.82, 2.24) is 4.90 Å². The van der Waals surface area contributed by atoms with Crippen LogP contribution in [0.1, 0.15) is 58.8 Å². The number of hydrogen-bond acceptors (Lipinski definition) is 3. The molecule has 0 aromatic heterocycles. The first-order chi connectivity index (χ1) is 8.69. The third-order valence-corrected chi connectivity index (χ3v) is 3.68. The number of amides is 1. The first-order valence-electron chi connectivity index (χ1n) is 7.17. The van der Waals surface area contributed by atoms with Crippen molar-refractivity contribution in [2.45, 2.75) is 58.8 Å². The zero-order chi connectivity index (χ0) is 13.4. The predicted octanol–water partition coefficient (Wildman–Crippen LogP) is 3.05. The lowest BCUT2D eigenvalue weighted by molar-refractivity contribution is -0.131. The van der Waals surface area contributed by atoms with Crippen LogP contribution in [0, 0.1) is 5.92 Å². The Bertz CT molecular complexity index is 290. The minimum absolute atomic E-state index is 0.188. The van der Waals surface area contributed by atoms with Gasteiger partial charge < -0.3 is 10.1 Å². The molecule has 104 valence electrons. The fourth-order valence-corrected chi connectivity index (χ4v) is 2.44. The molecule has 1 aliphatic rings. The number of rotatable bonds is 6. The van der Waals surface area contributed by atoms with Gasteiger partial charge in [0, 0.05) is 31.8 Å². The summed E-state index contributed by atoms with van der Waals surface area (Å²) in [4.78, 5) is 13.9. The fourth-order valence-electron chi connectivity index (χ4n) is 2.44. The molecule has 4 nitrogen and oxygen atoms in total. The minimum Gasteiger partial charge on any atom is -0.411 e. The third kappa shape index (κ3) is 4.67. The minimum atomic E-state index is 0.188. The molecule has 1 rings (SSSR count). The van der Waals surface area contributed by atoms with Crippen molar-refractivity contribution in [2.24, 2.45) is 11.1 Å². The van der Waals surface area contributed by atoms with E-state index in [-0.39, 0.29) is 11.8 Å². The molecule has 4 heteroatoms. The van der Waals surface area contributed by atoms with Crippen LogP contribution in [-0.2, 0) is 4.79 Å². The van der Waals surface area contributed by atoms with Crippen LogP contribution in [0.25, 0.3) is 0 Å². The van der Waals surface area contributed by atoms with Gasteiger partial charge in [-0.3, -0.25) is 4.79 Å². The smallest absolute Gasteiger partial charge is 0.222 e. The molecular weight excluding hydrogens is 228 g/mol. The summed E-state index contributed by atoms with van der Waals surface area (Å²) in [5.74, 6) is 0.447. The van der Waals surface area contributed by atoms with Gasteiger partial charge in [0.1, 0.15) is 0 Å². The normalized spacial score (nSPS) is 22.4. The molecule has 0 saturated carbocycles. The van der Waals surface area contributed by atoms with Crippen molar-refractivity contribution >= 4 is 11.6 Å². The lowest BCUT2D eigenvalue weighted by atomic mass is 9.97. The van der Waals surface area contributed by atoms with Crippen LogP contribution in [0.2, 0.25) is 0 Å². The van der Waals surface area contributed by atoms with Gasteiger partial charge in [-0.1, -0.05) is 44.7 Å². The van der Waals surface area contributed by atoms with Crippen molar-refractivity contribution in [1.29, 1.82) is 0 Å². The quantitative estimate of drug-likeness (QED) is 0.450. The van der Waals surface area contributed by atoms with Gasteiger partial charge in [0.15, 0.2) is 0 Å². The second-order valence-corrected chi connectivity index (χ2v) is 5.25. The highest BCUT2D eigenvalue weighted by Crippen LogP contribution is 2.16. The fraction of sp³-hybridized carbons (Fsp3) is 0.857. The Morgan fingerprint density at radius 3 is 2.72 bits per heavy atom. The van der Waals surface area contributed by atoms with E-state index in [4.69, 9.17) is 5.21 Å². The van der Waals surface area contributed by atoms with Gasteiger partial charge in [0.2, 0.25) is 5.91 Å². The molecular formula is C14H26N2O2. The molecule has 1 unspecified atom stereocenters. The summed E-state index contributed by atoms with van der Waals surface area (Å²) in [6.45, 7) is 5.61. The molecule has 0 aromatic rings. The van der Waals surface area contributed by atoms with E-state index in [2.05, 4.69) is 12.1 Å². The maximum absolute atomic E-state index is 12.0. The van der Waals surface area contributed by atoms with Gasteiger partial charge >= 0.3 is 0 Å². The Labute approximate surface area is 110 Å². The molecule has 1 heterocycles. The van der Waals surface area contributed by atoms with Gasteiger partial charge in [0.25, 0.3) is 0 Å². The van der Waals surface area contributed by atoms with E-state index in [1.165, 1.54) is 19.3 Å². The molecule has 1 atom stereocenters. The van der Waals surface area contributed by atoms with Crippen molar-refractivity contribution in [2.75, 3.05) is 13.1 Å². The third-order valence-electron chi connectivity index (χ3n) is 3.68. The highest BCUT2D eigenvalue weighted by atomic mass is 16.4. The van der Waals surface area contributed by atoms with Crippen LogP contribution in [0.4, 0.5) is 0 Å². The Morgan fingerprint density at radius 1 is 1.39 bits per heavy atom. The molecule has 18 heavy (non-hydrogen) atoms. The number of hydrogen-bond donors (Lipinski definition) is 1. The SMILES string of the molecule is CCCCCCCC(=O)N1CCC(=NO)C(C)C1. The first kappa shape index (κ1) is 15.0. The average molecular weight is 254 g/mol. The van der Waals surface area contributed by atoms with Crippen molar-refractivity contribution < 1.29 is 10.0 Å². The lowest BCUT2D eigenvalue weighted by Crippen LogP contribution is -2.43. The molecule has 1 aliphatic heterocycles. The second-order valence-electron chi connectivity index (χ2n) is 5.25. The van der Waals surface area contributed by atoms with E-state index >= 15 is 0 Å². The topological polar surface area (TPSA) is 52.9 Å². The summed E-state index contributed by atoms with van der Waals surface area (Å²) in [6.07, 6.45) is 7.28. The standard InChI is InChI=1S/C14H26N2O2/c1-3-4-5-6-7-8-14(17)16-10-9-13(15-18)12(2)11-16/h12,18H,3-11H2,1-2H3. The largest absolute Gasteiger partial charge is 0.411 e. The number of carbonyl (C=O) groups excluding carboxylic acids is 1. The van der Waals surface area contributed by atoms with E-state index in [0.29, 0.717) is 25.9 Å². The number of piperidine rings is 1. The van der Waals surface area contributed by atoms with E-state index in [1.807, 2.05) is 11.8 Å². The molecule has 0 spiro atoms. The molecule has 0 bridgehead atoms. The summed E-state index contributed by atoms with van der Waals surface area (Å²) in [5.41, 5.74) is 0.821. The van der Waals surface area contributed by atoms with Gasteiger partial charge in [-0.25, -0.2) is 0 Å². The zero-order valence-corrected chi connectivity index (χ0v) is 11.7. The van der Waals surface area contributed by atoms with Crippen molar-refractivity contribution in [3.05, 3.63) is 0 Å². The average Bonchev–Trinajstić information content (AvgIpc) is 2.38. The van der Waals surface area contributed by atoms with Gasteiger partial charge in [-0.15, -0.1) is 0 Å². The molecule has 0 radical (unpaired) electrons. The summed E-state index contributed by atoms with van der Waals surface area (Å²) in [5, 5.41) is 12.1. The van der Waals surface area contributed by atoms with Gasteiger partial charge in [-0.05, 0) is 6.42 Å². The highest BCUT2D eigenvalue weighted by molar-refractivity contribution is 5.89. The van der Waals surface area contributed by atoms with Crippen LogP contribution < -0.4 is 0 Å². The highest BCUT2D eigenvalue weighted by Gasteiger charge is 2.25. The van der Waals surface area contributed by atoms with Crippen LogP contribution >= 0.6 is 0 Å². The van der Waals surface area contributed by atoms with Crippen LogP contribution in [0.15, 0.2) is 5.16 Å². The number of nitrogens with zero attached hydrogens (tertiary/aromatic N) is 2. The van der Waals surface area contributed by atoms with E-state index in [9.17, 15) is 4.79 Å². The Morgan fingerprint density at radius 2 is 2.11 bits per heavy atom. The maximum atomic E-state index is 12.0. The number of oxime groups is 1. The van der Waals surface area contributed by atoms with E-state index < -0.39 is 0 Å². The van der Waals surface area contributed by atoms with Crippen molar-refractivity contribution in [3.63, 3.8) is 0 Å². The maximum Gasteiger partial charge on any atom is 0.222 e. The zero-order valence-electron chi connectivity index (χ0n) is 11.7. The molecule has 1 N–H and O–H groups in total. The van der Waals surface area contributed by atoms with Crippen LogP contribution in [0.3, 0.4) is 0 Å². The van der Waals surface area contributed by atoms with Crippen LogP contribution in [-0.4, -0.2) is 34.8 Å². The van der Waals surface area contributed by atoms with E-state index in [1.54, 1.807) is 0 Å². The number of unbranched alkanes of at least 4 members (excludes halogenated alkanes) is 4. The number of likely N-dealkylation sites (tertiary alicyclic amines) is 1. The van der Waals surface area contributed by atoms with Gasteiger partial charge in [-0.2, -0.15) is 0 Å². The molecule has 1 amide bonds. The summed E-state index contributed by atoms with van der Waals surface area (Å²) < 4.78 is 0. The Balaban J connectivity index is 2.22.